The topological polar surface area (TPSA) is 96.5 Å². The average molecular weight is 727 g/mol. The van der Waals surface area contributed by atoms with E-state index in [0.29, 0.717) is 27.7 Å². The van der Waals surface area contributed by atoms with E-state index < -0.39 is 17.1 Å². The lowest BCUT2D eigenvalue weighted by Gasteiger charge is -2.18. The van der Waals surface area contributed by atoms with E-state index in [1.807, 2.05) is 72.8 Å². The van der Waals surface area contributed by atoms with Gasteiger partial charge in [0.1, 0.15) is 16.7 Å². The van der Waals surface area contributed by atoms with Crippen molar-refractivity contribution in [3.63, 3.8) is 0 Å². The van der Waals surface area contributed by atoms with Crippen LogP contribution < -0.4 is 20.7 Å². The third kappa shape index (κ3) is 9.36. The van der Waals surface area contributed by atoms with E-state index >= 15 is 0 Å². The van der Waals surface area contributed by atoms with Crippen LogP contribution in [0.4, 0.5) is 11.4 Å². The molecule has 5 aromatic carbocycles. The number of methoxy groups -OCH3 is 1. The van der Waals surface area contributed by atoms with Crippen LogP contribution in [0.15, 0.2) is 142 Å². The predicted molar refractivity (Wildman–Crippen MR) is 193 cm³/mol. The van der Waals surface area contributed by atoms with Crippen LogP contribution in [0.1, 0.15) is 26.7 Å². The minimum atomic E-state index is -0.603. The Labute approximate surface area is 290 Å². The summed E-state index contributed by atoms with van der Waals surface area (Å²) in [5.41, 5.74) is 3.02. The lowest BCUT2D eigenvalue weighted by Crippen LogP contribution is -2.30. The second-order valence-corrected chi connectivity index (χ2v) is 12.7. The molecular formula is C37H29BrClN3O4S. The summed E-state index contributed by atoms with van der Waals surface area (Å²) in [4.78, 5) is 40.9. The van der Waals surface area contributed by atoms with Gasteiger partial charge in [-0.2, -0.15) is 0 Å². The van der Waals surface area contributed by atoms with E-state index in [2.05, 4.69) is 31.9 Å². The smallest absolute Gasteiger partial charge is 0.272 e. The predicted octanol–water partition coefficient (Wildman–Crippen LogP) is 8.99. The second kappa shape index (κ2) is 16.1. The van der Waals surface area contributed by atoms with Gasteiger partial charge in [0.25, 0.3) is 11.8 Å². The Bertz CT molecular complexity index is 1900. The van der Waals surface area contributed by atoms with Crippen LogP contribution in [0.3, 0.4) is 0 Å². The van der Waals surface area contributed by atoms with Gasteiger partial charge in [-0.25, -0.2) is 0 Å². The van der Waals surface area contributed by atoms with Crippen LogP contribution >= 0.6 is 39.3 Å². The molecule has 7 nitrogen and oxygen atoms in total. The van der Waals surface area contributed by atoms with E-state index in [4.69, 9.17) is 16.3 Å². The molecule has 0 spiro atoms. The van der Waals surface area contributed by atoms with E-state index in [1.54, 1.807) is 60.7 Å². The molecule has 10 heteroatoms. The van der Waals surface area contributed by atoms with Crippen LogP contribution in [0, 0.1) is 0 Å². The zero-order chi connectivity index (χ0) is 33.2. The minimum Gasteiger partial charge on any atom is -0.495 e. The van der Waals surface area contributed by atoms with Gasteiger partial charge in [-0.15, -0.1) is 11.8 Å². The first-order valence-electron chi connectivity index (χ1n) is 14.4. The SMILES string of the molecule is COc1ccc(Cl)cc1NC(=O)C(Sc1ccc(NC(=O)/C(=C/c2cccc(Br)c2)NC(=O)c2ccccc2)cc1)c1ccccc1. The van der Waals surface area contributed by atoms with E-state index in [9.17, 15) is 14.4 Å². The molecule has 0 aliphatic rings. The Kier molecular flexibility index (Phi) is 11.5. The molecule has 3 N–H and O–H groups in total. The molecule has 0 aliphatic heterocycles. The van der Waals surface area contributed by atoms with Crippen LogP contribution in [0.25, 0.3) is 6.08 Å². The highest BCUT2D eigenvalue weighted by Crippen LogP contribution is 2.38. The summed E-state index contributed by atoms with van der Waals surface area (Å²) in [7, 11) is 1.53. The number of anilines is 2. The van der Waals surface area contributed by atoms with Gasteiger partial charge >= 0.3 is 0 Å². The number of hydrogen-bond acceptors (Lipinski definition) is 5. The van der Waals surface area contributed by atoms with Crippen molar-refractivity contribution in [2.45, 2.75) is 10.1 Å². The van der Waals surface area contributed by atoms with Gasteiger partial charge in [0.2, 0.25) is 5.91 Å². The quantitative estimate of drug-likeness (QED) is 0.0933. The normalized spacial score (nSPS) is 11.7. The van der Waals surface area contributed by atoms with Crippen LogP contribution in [-0.2, 0) is 9.59 Å². The summed E-state index contributed by atoms with van der Waals surface area (Å²) >= 11 is 11.0. The number of rotatable bonds is 11. The van der Waals surface area contributed by atoms with Gasteiger partial charge in [-0.05, 0) is 83.9 Å². The molecule has 1 atom stereocenters. The molecule has 0 saturated heterocycles. The molecule has 47 heavy (non-hydrogen) atoms. The summed E-state index contributed by atoms with van der Waals surface area (Å²) in [5.74, 6) is -0.662. The number of carbonyl (C=O) groups is 3. The number of nitrogens with one attached hydrogen (secondary N) is 3. The third-order valence-corrected chi connectivity index (χ3v) is 8.81. The molecule has 0 saturated carbocycles. The number of hydrogen-bond donors (Lipinski definition) is 3. The first kappa shape index (κ1) is 33.5. The van der Waals surface area contributed by atoms with Crippen molar-refractivity contribution in [2.75, 3.05) is 17.7 Å². The maximum absolute atomic E-state index is 13.6. The first-order chi connectivity index (χ1) is 22.8. The molecule has 0 radical (unpaired) electrons. The summed E-state index contributed by atoms with van der Waals surface area (Å²) in [5, 5.41) is 8.44. The highest BCUT2D eigenvalue weighted by molar-refractivity contribution is 9.10. The largest absolute Gasteiger partial charge is 0.495 e. The number of amides is 3. The van der Waals surface area contributed by atoms with Gasteiger partial charge in [0.05, 0.1) is 12.8 Å². The maximum atomic E-state index is 13.6. The Morgan fingerprint density at radius 1 is 0.809 bits per heavy atom. The van der Waals surface area contributed by atoms with Gasteiger partial charge in [0.15, 0.2) is 0 Å². The molecule has 0 aliphatic carbocycles. The van der Waals surface area contributed by atoms with Crippen molar-refractivity contribution in [3.05, 3.63) is 159 Å². The molecule has 0 bridgehead atoms. The van der Waals surface area contributed by atoms with Crippen LogP contribution in [-0.4, -0.2) is 24.8 Å². The number of carbonyl (C=O) groups excluding carboxylic acids is 3. The van der Waals surface area contributed by atoms with Gasteiger partial charge in [-0.1, -0.05) is 88.2 Å². The van der Waals surface area contributed by atoms with Crippen LogP contribution in [0.5, 0.6) is 5.75 Å². The summed E-state index contributed by atoms with van der Waals surface area (Å²) in [6.07, 6.45) is 1.61. The van der Waals surface area contributed by atoms with E-state index in [-0.39, 0.29) is 11.6 Å². The second-order valence-electron chi connectivity index (χ2n) is 10.2. The van der Waals surface area contributed by atoms with Gasteiger partial charge < -0.3 is 20.7 Å². The van der Waals surface area contributed by atoms with E-state index in [0.717, 1.165) is 20.5 Å². The monoisotopic (exact) mass is 725 g/mol. The Morgan fingerprint density at radius 3 is 2.19 bits per heavy atom. The molecule has 0 aromatic heterocycles. The highest BCUT2D eigenvalue weighted by Gasteiger charge is 2.24. The molecule has 236 valence electrons. The van der Waals surface area contributed by atoms with Crippen molar-refractivity contribution in [2.24, 2.45) is 0 Å². The molecular weight excluding hydrogens is 698 g/mol. The molecule has 3 amide bonds. The van der Waals surface area contributed by atoms with Crippen molar-refractivity contribution in [1.82, 2.24) is 5.32 Å². The molecule has 5 rings (SSSR count). The van der Waals surface area contributed by atoms with Gasteiger partial charge in [0, 0.05) is 25.6 Å². The number of halogens is 2. The number of benzene rings is 5. The zero-order valence-corrected chi connectivity index (χ0v) is 28.2. The standard InChI is InChI=1S/C37H29BrClN3O4S/c1-46-33-20-15-28(39)23-31(33)41-37(45)34(25-10-4-2-5-11-25)47-30-18-16-29(17-19-30)40-36(44)32(22-24-9-8-14-27(38)21-24)42-35(43)26-12-6-3-7-13-26/h2-23,34H,1H3,(H,40,44)(H,41,45)(H,42,43)/b32-22-. The van der Waals surface area contributed by atoms with Crippen molar-refractivity contribution >= 4 is 74.5 Å². The fraction of sp³-hybridized carbons (Fsp3) is 0.0541. The summed E-state index contributed by atoms with van der Waals surface area (Å²) < 4.78 is 6.24. The molecule has 1 unspecified atom stereocenters. The molecule has 0 heterocycles. The Morgan fingerprint density at radius 2 is 1.51 bits per heavy atom. The summed E-state index contributed by atoms with van der Waals surface area (Å²) in [6, 6.07) is 37.7. The van der Waals surface area contributed by atoms with E-state index in [1.165, 1.54) is 18.9 Å². The van der Waals surface area contributed by atoms with Crippen molar-refractivity contribution in [3.8, 4) is 5.75 Å². The Balaban J connectivity index is 1.34. The first-order valence-corrected chi connectivity index (χ1v) is 16.4. The number of thioether (sulfide) groups is 1. The highest BCUT2D eigenvalue weighted by atomic mass is 79.9. The molecule has 0 fully saturated rings. The average Bonchev–Trinajstić information content (AvgIpc) is 3.08. The Hall–Kier alpha value is -4.83. The van der Waals surface area contributed by atoms with Crippen LogP contribution in [0.2, 0.25) is 5.02 Å². The fourth-order valence-corrected chi connectivity index (χ4v) is 6.15. The zero-order valence-electron chi connectivity index (χ0n) is 25.1. The molecule has 5 aromatic rings. The number of ether oxygens (including phenoxy) is 1. The summed E-state index contributed by atoms with van der Waals surface area (Å²) in [6.45, 7) is 0. The lowest BCUT2D eigenvalue weighted by atomic mass is 10.1. The van der Waals surface area contributed by atoms with Gasteiger partial charge in [-0.3, -0.25) is 14.4 Å². The third-order valence-electron chi connectivity index (χ3n) is 6.81. The maximum Gasteiger partial charge on any atom is 0.272 e. The minimum absolute atomic E-state index is 0.0765. The van der Waals surface area contributed by atoms with Crippen molar-refractivity contribution < 1.29 is 19.1 Å². The fourth-order valence-electron chi connectivity index (χ4n) is 4.53. The van der Waals surface area contributed by atoms with Crippen molar-refractivity contribution in [1.29, 1.82) is 0 Å². The lowest BCUT2D eigenvalue weighted by molar-refractivity contribution is -0.116.